The largest absolute Gasteiger partial charge is 0.485 e. The predicted molar refractivity (Wildman–Crippen MR) is 66.6 cm³/mol. The van der Waals surface area contributed by atoms with E-state index in [4.69, 9.17) is 16.3 Å². The summed E-state index contributed by atoms with van der Waals surface area (Å²) in [5.74, 6) is -2.31. The Hall–Kier alpha value is -1.68. The summed E-state index contributed by atoms with van der Waals surface area (Å²) in [6, 6.07) is 7.79. The summed E-state index contributed by atoms with van der Waals surface area (Å²) in [6.07, 6.45) is 0. The predicted octanol–water partition coefficient (Wildman–Crippen LogP) is 4.42. The summed E-state index contributed by atoms with van der Waals surface area (Å²) >= 11 is 5.68. The third-order valence-electron chi connectivity index (χ3n) is 2.56. The Kier molecular flexibility index (Phi) is 4.32. The van der Waals surface area contributed by atoms with Gasteiger partial charge in [0.25, 0.3) is 0 Å². The monoisotopic (exact) mass is 286 g/mol. The minimum Gasteiger partial charge on any atom is -0.485 e. The van der Waals surface area contributed by atoms with Crippen molar-refractivity contribution in [2.24, 2.45) is 0 Å². The van der Waals surface area contributed by atoms with Crippen LogP contribution < -0.4 is 4.74 Å². The lowest BCUT2D eigenvalue weighted by Crippen LogP contribution is -2.01. The molecule has 0 saturated heterocycles. The average molecular weight is 287 g/mol. The fourth-order valence-corrected chi connectivity index (χ4v) is 1.82. The van der Waals surface area contributed by atoms with E-state index in [2.05, 4.69) is 0 Å². The first-order chi connectivity index (χ1) is 9.11. The lowest BCUT2D eigenvalue weighted by molar-refractivity contribution is 0.287. The van der Waals surface area contributed by atoms with Gasteiger partial charge in [0.05, 0.1) is 5.88 Å². The number of ether oxygens (including phenoxy) is 1. The Balaban J connectivity index is 2.16. The van der Waals surface area contributed by atoms with Gasteiger partial charge in [-0.3, -0.25) is 0 Å². The summed E-state index contributed by atoms with van der Waals surface area (Å²) in [4.78, 5) is 0. The Morgan fingerprint density at radius 1 is 0.947 bits per heavy atom. The lowest BCUT2D eigenvalue weighted by Gasteiger charge is -2.11. The van der Waals surface area contributed by atoms with Crippen molar-refractivity contribution in [1.29, 1.82) is 0 Å². The van der Waals surface area contributed by atoms with Crippen LogP contribution in [0.5, 0.6) is 5.75 Å². The van der Waals surface area contributed by atoms with E-state index >= 15 is 0 Å². The Bertz CT molecular complexity index is 587. The number of benzene rings is 2. The van der Waals surface area contributed by atoms with Crippen molar-refractivity contribution in [3.8, 4) is 5.75 Å². The molecule has 0 fully saturated rings. The van der Waals surface area contributed by atoms with Gasteiger partial charge in [-0.25, -0.2) is 13.2 Å². The molecule has 100 valence electrons. The standard InChI is InChI=1S/C14H10ClF3O/c15-7-10-2-1-3-12(17)14(10)19-8-9-4-5-11(16)13(18)6-9/h1-6H,7-8H2. The summed E-state index contributed by atoms with van der Waals surface area (Å²) in [7, 11) is 0. The quantitative estimate of drug-likeness (QED) is 0.756. The van der Waals surface area contributed by atoms with E-state index in [1.807, 2.05) is 0 Å². The number of para-hydroxylation sites is 1. The molecule has 0 amide bonds. The van der Waals surface area contributed by atoms with Gasteiger partial charge < -0.3 is 4.74 Å². The van der Waals surface area contributed by atoms with E-state index < -0.39 is 17.5 Å². The minimum absolute atomic E-state index is 0.0298. The first-order valence-electron chi connectivity index (χ1n) is 5.52. The van der Waals surface area contributed by atoms with Crippen LogP contribution in [0.4, 0.5) is 13.2 Å². The number of alkyl halides is 1. The molecule has 0 atom stereocenters. The van der Waals surface area contributed by atoms with Crippen molar-refractivity contribution in [2.45, 2.75) is 12.5 Å². The van der Waals surface area contributed by atoms with Gasteiger partial charge in [0.15, 0.2) is 23.2 Å². The van der Waals surface area contributed by atoms with Crippen molar-refractivity contribution in [1.82, 2.24) is 0 Å². The Morgan fingerprint density at radius 3 is 2.42 bits per heavy atom. The maximum atomic E-state index is 13.6. The molecule has 0 unspecified atom stereocenters. The van der Waals surface area contributed by atoms with Crippen LogP contribution in [0.1, 0.15) is 11.1 Å². The topological polar surface area (TPSA) is 9.23 Å². The number of rotatable bonds is 4. The maximum absolute atomic E-state index is 13.6. The molecule has 0 N–H and O–H groups in total. The fraction of sp³-hybridized carbons (Fsp3) is 0.143. The van der Waals surface area contributed by atoms with Crippen LogP contribution in [0.25, 0.3) is 0 Å². The van der Waals surface area contributed by atoms with Gasteiger partial charge in [-0.05, 0) is 23.8 Å². The van der Waals surface area contributed by atoms with Gasteiger partial charge in [0.1, 0.15) is 6.61 Å². The summed E-state index contributed by atoms with van der Waals surface area (Å²) in [5.41, 5.74) is 0.909. The molecular weight excluding hydrogens is 277 g/mol. The zero-order valence-electron chi connectivity index (χ0n) is 9.80. The van der Waals surface area contributed by atoms with Crippen LogP contribution in [-0.4, -0.2) is 0 Å². The van der Waals surface area contributed by atoms with Gasteiger partial charge in [-0.15, -0.1) is 11.6 Å². The molecule has 2 aromatic carbocycles. The molecule has 0 aliphatic carbocycles. The van der Waals surface area contributed by atoms with Crippen molar-refractivity contribution < 1.29 is 17.9 Å². The fourth-order valence-electron chi connectivity index (χ4n) is 1.61. The zero-order valence-corrected chi connectivity index (χ0v) is 10.6. The summed E-state index contributed by atoms with van der Waals surface area (Å²) in [6.45, 7) is -0.0674. The zero-order chi connectivity index (χ0) is 13.8. The molecule has 0 aromatic heterocycles. The van der Waals surface area contributed by atoms with Crippen molar-refractivity contribution in [3.63, 3.8) is 0 Å². The molecule has 19 heavy (non-hydrogen) atoms. The molecule has 1 nitrogen and oxygen atoms in total. The van der Waals surface area contributed by atoms with Crippen LogP contribution in [0.15, 0.2) is 36.4 Å². The maximum Gasteiger partial charge on any atom is 0.165 e. The highest BCUT2D eigenvalue weighted by atomic mass is 35.5. The first kappa shape index (κ1) is 13.7. The summed E-state index contributed by atoms with van der Waals surface area (Å²) in [5, 5.41) is 0. The lowest BCUT2D eigenvalue weighted by atomic mass is 10.2. The molecule has 0 spiro atoms. The Labute approximate surface area is 113 Å². The van der Waals surface area contributed by atoms with Gasteiger partial charge in [-0.1, -0.05) is 18.2 Å². The van der Waals surface area contributed by atoms with Crippen LogP contribution in [0, 0.1) is 17.5 Å². The molecule has 0 aliphatic rings. The second-order valence-corrected chi connectivity index (χ2v) is 4.17. The molecule has 0 bridgehead atoms. The van der Waals surface area contributed by atoms with Crippen LogP contribution in [0.3, 0.4) is 0 Å². The smallest absolute Gasteiger partial charge is 0.165 e. The van der Waals surface area contributed by atoms with Crippen molar-refractivity contribution in [2.75, 3.05) is 0 Å². The second kappa shape index (κ2) is 5.97. The second-order valence-electron chi connectivity index (χ2n) is 3.90. The van der Waals surface area contributed by atoms with E-state index in [1.54, 1.807) is 6.07 Å². The highest BCUT2D eigenvalue weighted by Gasteiger charge is 2.10. The van der Waals surface area contributed by atoms with Gasteiger partial charge >= 0.3 is 0 Å². The molecule has 0 radical (unpaired) electrons. The molecule has 0 aliphatic heterocycles. The first-order valence-corrected chi connectivity index (χ1v) is 6.05. The number of hydrogen-bond acceptors (Lipinski definition) is 1. The van der Waals surface area contributed by atoms with Crippen LogP contribution >= 0.6 is 11.6 Å². The van der Waals surface area contributed by atoms with E-state index in [0.29, 0.717) is 11.1 Å². The SMILES string of the molecule is Fc1ccc(COc2c(F)cccc2CCl)cc1F. The van der Waals surface area contributed by atoms with Crippen LogP contribution in [-0.2, 0) is 12.5 Å². The normalized spacial score (nSPS) is 10.5. The Morgan fingerprint density at radius 2 is 1.74 bits per heavy atom. The molecular formula is C14H10ClF3O. The molecule has 2 rings (SSSR count). The average Bonchev–Trinajstić information content (AvgIpc) is 2.41. The third kappa shape index (κ3) is 3.20. The van der Waals surface area contributed by atoms with E-state index in [-0.39, 0.29) is 18.2 Å². The number of halogens is 4. The molecule has 0 heterocycles. The molecule has 5 heteroatoms. The van der Waals surface area contributed by atoms with Crippen molar-refractivity contribution in [3.05, 3.63) is 65.0 Å². The van der Waals surface area contributed by atoms with Crippen LogP contribution in [0.2, 0.25) is 0 Å². The van der Waals surface area contributed by atoms with Gasteiger partial charge in [0, 0.05) is 5.56 Å². The highest BCUT2D eigenvalue weighted by molar-refractivity contribution is 6.17. The molecule has 2 aromatic rings. The molecule has 0 saturated carbocycles. The van der Waals surface area contributed by atoms with Crippen molar-refractivity contribution >= 4 is 11.6 Å². The van der Waals surface area contributed by atoms with E-state index in [1.165, 1.54) is 18.2 Å². The third-order valence-corrected chi connectivity index (χ3v) is 2.85. The number of hydrogen-bond donors (Lipinski definition) is 0. The highest BCUT2D eigenvalue weighted by Crippen LogP contribution is 2.25. The van der Waals surface area contributed by atoms with Gasteiger partial charge in [-0.2, -0.15) is 0 Å². The minimum atomic E-state index is -0.966. The summed E-state index contributed by atoms with van der Waals surface area (Å²) < 4.78 is 44.6. The van der Waals surface area contributed by atoms with Gasteiger partial charge in [0.2, 0.25) is 0 Å². The van der Waals surface area contributed by atoms with E-state index in [9.17, 15) is 13.2 Å². The van der Waals surface area contributed by atoms with E-state index in [0.717, 1.165) is 12.1 Å².